The summed E-state index contributed by atoms with van der Waals surface area (Å²) in [7, 11) is 0. The number of rotatable bonds is 3. The van der Waals surface area contributed by atoms with Crippen molar-refractivity contribution in [3.8, 4) is 12.3 Å². The molecule has 0 N–H and O–H groups in total. The second kappa shape index (κ2) is 4.33. The minimum Gasteiger partial charge on any atom is -0.337 e. The Hall–Kier alpha value is -0.960. The Morgan fingerprint density at radius 1 is 1.62 bits per heavy atom. The van der Waals surface area contributed by atoms with Gasteiger partial charge < -0.3 is 9.47 Å². The van der Waals surface area contributed by atoms with Crippen LogP contribution < -0.4 is 0 Å². The summed E-state index contributed by atoms with van der Waals surface area (Å²) in [6, 6.07) is 0. The van der Waals surface area contributed by atoms with E-state index in [1.165, 1.54) is 0 Å². The number of hydrogen-bond donors (Lipinski definition) is 0. The highest BCUT2D eigenvalue weighted by atomic mass is 32.1. The highest BCUT2D eigenvalue weighted by molar-refractivity contribution is 7.66. The average molecular weight is 200 g/mol. The molecule has 0 aliphatic carbocycles. The fourth-order valence-corrected chi connectivity index (χ4v) is 1.45. The summed E-state index contributed by atoms with van der Waals surface area (Å²) in [6.07, 6.45) is 5.58. The smallest absolute Gasteiger partial charge is 0.263 e. The van der Waals surface area contributed by atoms with Crippen molar-refractivity contribution in [3.63, 3.8) is 0 Å². The van der Waals surface area contributed by atoms with E-state index in [4.69, 9.17) is 15.9 Å². The van der Waals surface area contributed by atoms with Gasteiger partial charge in [0.2, 0.25) is 0 Å². The van der Waals surface area contributed by atoms with Crippen molar-refractivity contribution in [2.24, 2.45) is 0 Å². The predicted molar refractivity (Wildman–Crippen MR) is 47.3 cm³/mol. The molecule has 0 radical (unpaired) electrons. The highest BCUT2D eigenvalue weighted by Crippen LogP contribution is 2.19. The third-order valence-corrected chi connectivity index (χ3v) is 2.25. The van der Waals surface area contributed by atoms with Gasteiger partial charge in [-0.25, -0.2) is 4.21 Å². The van der Waals surface area contributed by atoms with E-state index in [0.29, 0.717) is 19.5 Å². The molecule has 70 valence electrons. The Kier molecular flexibility index (Phi) is 3.37. The first-order valence-corrected chi connectivity index (χ1v) is 4.37. The predicted octanol–water partition coefficient (Wildman–Crippen LogP) is -0.663. The fourth-order valence-electron chi connectivity index (χ4n) is 1.03. The monoisotopic (exact) mass is 200 g/mol. The molecule has 1 aliphatic rings. The number of aldehydes is 1. The maximum atomic E-state index is 10.7. The van der Waals surface area contributed by atoms with Crippen molar-refractivity contribution in [2.75, 3.05) is 13.2 Å². The normalized spacial score (nSPS) is 19.0. The lowest BCUT2D eigenvalue weighted by Gasteiger charge is -2.19. The van der Waals surface area contributed by atoms with Gasteiger partial charge in [0.25, 0.3) is 5.79 Å². The minimum absolute atomic E-state index is 0.0763. The first kappa shape index (κ1) is 10.1. The third-order valence-electron chi connectivity index (χ3n) is 1.62. The van der Waals surface area contributed by atoms with Crippen LogP contribution in [0.4, 0.5) is 0 Å². The summed E-state index contributed by atoms with van der Waals surface area (Å²) in [5, 5.41) is 0. The first-order chi connectivity index (χ1) is 6.29. The van der Waals surface area contributed by atoms with Crippen molar-refractivity contribution in [1.29, 1.82) is 0 Å². The molecule has 0 aromatic carbocycles. The maximum Gasteiger partial charge on any atom is 0.263 e. The van der Waals surface area contributed by atoms with Crippen molar-refractivity contribution < 1.29 is 18.5 Å². The molecule has 0 spiro atoms. The summed E-state index contributed by atoms with van der Waals surface area (Å²) < 4.78 is 20.7. The van der Waals surface area contributed by atoms with Gasteiger partial charge in [0, 0.05) is 6.42 Å². The van der Waals surface area contributed by atoms with Crippen LogP contribution in [-0.2, 0) is 25.5 Å². The lowest BCUT2D eigenvalue weighted by molar-refractivity contribution is -0.143. The molecule has 0 saturated carbocycles. The van der Waals surface area contributed by atoms with Crippen LogP contribution in [0.25, 0.3) is 0 Å². The number of carbonyl (C=O) groups is 1. The quantitative estimate of drug-likeness (QED) is 0.345. The molecule has 0 aromatic heterocycles. The Morgan fingerprint density at radius 2 is 2.23 bits per heavy atom. The largest absolute Gasteiger partial charge is 0.337 e. The number of hydrogen-bond acceptors (Lipinski definition) is 4. The molecule has 0 atom stereocenters. The number of ether oxygens (including phenoxy) is 2. The fraction of sp³-hybridized carbons (Fsp3) is 0.500. The second-order valence-electron chi connectivity index (χ2n) is 2.37. The van der Waals surface area contributed by atoms with Crippen LogP contribution in [0.2, 0.25) is 0 Å². The van der Waals surface area contributed by atoms with Crippen LogP contribution >= 0.6 is 0 Å². The summed E-state index contributed by atoms with van der Waals surface area (Å²) in [5.41, 5.74) is 0. The SMILES string of the molecule is C#CCC(=S=O)C1(C=O)OCCO1. The van der Waals surface area contributed by atoms with Crippen molar-refractivity contribution in [2.45, 2.75) is 12.2 Å². The van der Waals surface area contributed by atoms with Gasteiger partial charge in [-0.1, -0.05) is 0 Å². The van der Waals surface area contributed by atoms with E-state index < -0.39 is 5.79 Å². The van der Waals surface area contributed by atoms with Crippen LogP contribution in [-0.4, -0.2) is 34.4 Å². The Balaban J connectivity index is 2.93. The average Bonchev–Trinajstić information content (AvgIpc) is 2.63. The molecule has 0 aromatic rings. The van der Waals surface area contributed by atoms with Crippen LogP contribution in [0.1, 0.15) is 6.42 Å². The van der Waals surface area contributed by atoms with Crippen LogP contribution in [0.3, 0.4) is 0 Å². The Labute approximate surface area is 79.3 Å². The van der Waals surface area contributed by atoms with Gasteiger partial charge in [-0.2, -0.15) is 0 Å². The molecule has 0 bridgehead atoms. The maximum absolute atomic E-state index is 10.7. The highest BCUT2D eigenvalue weighted by Gasteiger charge is 2.41. The molecule has 1 aliphatic heterocycles. The molecule has 5 heteroatoms. The molecule has 1 fully saturated rings. The van der Waals surface area contributed by atoms with E-state index in [9.17, 15) is 9.00 Å². The molecule has 0 unspecified atom stereocenters. The molecule has 0 amide bonds. The zero-order valence-electron chi connectivity index (χ0n) is 6.82. The third kappa shape index (κ3) is 1.86. The minimum atomic E-state index is -1.50. The van der Waals surface area contributed by atoms with Crippen molar-refractivity contribution in [3.05, 3.63) is 0 Å². The molecular formula is C8H8O4S. The van der Waals surface area contributed by atoms with E-state index in [1.54, 1.807) is 0 Å². The summed E-state index contributed by atoms with van der Waals surface area (Å²) in [4.78, 5) is 10.9. The van der Waals surface area contributed by atoms with E-state index in [0.717, 1.165) is 0 Å². The van der Waals surface area contributed by atoms with Crippen LogP contribution in [0.5, 0.6) is 0 Å². The molecule has 4 nitrogen and oxygen atoms in total. The van der Waals surface area contributed by atoms with Gasteiger partial charge in [-0.05, 0) is 0 Å². The van der Waals surface area contributed by atoms with Crippen molar-refractivity contribution in [1.82, 2.24) is 0 Å². The van der Waals surface area contributed by atoms with E-state index in [2.05, 4.69) is 5.92 Å². The number of terminal acetylenes is 1. The molecule has 13 heavy (non-hydrogen) atoms. The van der Waals surface area contributed by atoms with Gasteiger partial charge >= 0.3 is 0 Å². The summed E-state index contributed by atoms with van der Waals surface area (Å²) in [5.74, 6) is 0.777. The molecular weight excluding hydrogens is 192 g/mol. The Bertz CT molecular complexity index is 292. The van der Waals surface area contributed by atoms with E-state index in [-0.39, 0.29) is 22.5 Å². The van der Waals surface area contributed by atoms with Gasteiger partial charge in [-0.3, -0.25) is 4.79 Å². The lowest BCUT2D eigenvalue weighted by Crippen LogP contribution is -2.41. The van der Waals surface area contributed by atoms with E-state index in [1.807, 2.05) is 0 Å². The Morgan fingerprint density at radius 3 is 2.62 bits per heavy atom. The molecule has 1 saturated heterocycles. The number of carbonyl (C=O) groups excluding carboxylic acids is 1. The van der Waals surface area contributed by atoms with Gasteiger partial charge in [0.1, 0.15) is 4.86 Å². The lowest BCUT2D eigenvalue weighted by atomic mass is 10.1. The standard InChI is InChI=1S/C8H8O4S/c1-2-3-7(13-10)8(6-9)11-4-5-12-8/h1,6H,3-5H2. The van der Waals surface area contributed by atoms with Crippen LogP contribution in [0, 0.1) is 12.3 Å². The zero-order chi connectivity index (χ0) is 9.73. The van der Waals surface area contributed by atoms with Gasteiger partial charge in [0.05, 0.1) is 24.5 Å². The van der Waals surface area contributed by atoms with Crippen molar-refractivity contribution >= 4 is 22.4 Å². The summed E-state index contributed by atoms with van der Waals surface area (Å²) in [6.45, 7) is 0.598. The molecule has 1 heterocycles. The van der Waals surface area contributed by atoms with Crippen LogP contribution in [0.15, 0.2) is 0 Å². The topological polar surface area (TPSA) is 52.6 Å². The van der Waals surface area contributed by atoms with E-state index >= 15 is 0 Å². The summed E-state index contributed by atoms with van der Waals surface area (Å²) >= 11 is 0.158. The first-order valence-electron chi connectivity index (χ1n) is 3.63. The van der Waals surface area contributed by atoms with Gasteiger partial charge in [0.15, 0.2) is 6.29 Å². The van der Waals surface area contributed by atoms with Gasteiger partial charge in [-0.15, -0.1) is 12.3 Å². The zero-order valence-corrected chi connectivity index (χ0v) is 7.63. The second-order valence-corrected chi connectivity index (χ2v) is 3.03. The molecule has 1 rings (SSSR count).